The van der Waals surface area contributed by atoms with Gasteiger partial charge in [0.2, 0.25) is 10.0 Å². The first-order valence-electron chi connectivity index (χ1n) is 10.3. The zero-order valence-corrected chi connectivity index (χ0v) is 19.8. The summed E-state index contributed by atoms with van der Waals surface area (Å²) in [5.74, 6) is 0.544. The number of carbonyl (C=O) groups is 1. The van der Waals surface area contributed by atoms with Crippen LogP contribution < -0.4 is 10.6 Å². The molecule has 0 aliphatic carbocycles. The summed E-state index contributed by atoms with van der Waals surface area (Å²) in [4.78, 5) is 12.5. The number of nitrogens with two attached hydrogens (primary N) is 1. The van der Waals surface area contributed by atoms with Gasteiger partial charge in [0.25, 0.3) is 0 Å². The zero-order valence-electron chi connectivity index (χ0n) is 18.2. The molecule has 0 unspecified atom stereocenters. The van der Waals surface area contributed by atoms with Gasteiger partial charge in [0, 0.05) is 16.1 Å². The van der Waals surface area contributed by atoms with E-state index in [1.54, 1.807) is 54.6 Å². The number of hydrogen-bond donors (Lipinski definition) is 2. The SMILES string of the molecule is NS(=O)(=O)c1ccc(NN=Cc2ccc(-c3cccc(C(=O)OCc4ccccc4Cl)c3)o2)cc1. The van der Waals surface area contributed by atoms with Crippen LogP contribution in [0, 0.1) is 0 Å². The summed E-state index contributed by atoms with van der Waals surface area (Å²) in [6, 6.07) is 23.4. The molecule has 0 bridgehead atoms. The fourth-order valence-electron chi connectivity index (χ4n) is 3.11. The van der Waals surface area contributed by atoms with Crippen LogP contribution in [-0.2, 0) is 21.4 Å². The molecule has 1 heterocycles. The minimum atomic E-state index is -3.75. The smallest absolute Gasteiger partial charge is 0.338 e. The molecule has 0 spiro atoms. The Morgan fingerprint density at radius 3 is 2.54 bits per heavy atom. The van der Waals surface area contributed by atoms with Gasteiger partial charge in [0.1, 0.15) is 18.1 Å². The summed E-state index contributed by atoms with van der Waals surface area (Å²) in [6.07, 6.45) is 1.47. The molecule has 4 aromatic rings. The monoisotopic (exact) mass is 509 g/mol. The van der Waals surface area contributed by atoms with E-state index >= 15 is 0 Å². The second kappa shape index (κ2) is 10.6. The number of furan rings is 1. The molecule has 10 heteroatoms. The summed E-state index contributed by atoms with van der Waals surface area (Å²) in [6.45, 7) is 0.0713. The van der Waals surface area contributed by atoms with Crippen molar-refractivity contribution in [1.29, 1.82) is 0 Å². The Bertz CT molecular complexity index is 1480. The molecule has 3 N–H and O–H groups in total. The molecule has 35 heavy (non-hydrogen) atoms. The molecular weight excluding hydrogens is 490 g/mol. The van der Waals surface area contributed by atoms with Crippen LogP contribution in [-0.4, -0.2) is 20.6 Å². The number of primary sulfonamides is 1. The Morgan fingerprint density at radius 2 is 1.80 bits per heavy atom. The van der Waals surface area contributed by atoms with Gasteiger partial charge in [0.15, 0.2) is 0 Å². The number of hydrogen-bond acceptors (Lipinski definition) is 7. The molecule has 4 rings (SSSR count). The van der Waals surface area contributed by atoms with Crippen molar-refractivity contribution in [3.63, 3.8) is 0 Å². The molecular formula is C25H20ClN3O5S. The van der Waals surface area contributed by atoms with Crippen molar-refractivity contribution < 1.29 is 22.4 Å². The summed E-state index contributed by atoms with van der Waals surface area (Å²) < 4.78 is 33.8. The number of carbonyl (C=O) groups excluding carboxylic acids is 1. The van der Waals surface area contributed by atoms with Gasteiger partial charge in [-0.2, -0.15) is 5.10 Å². The lowest BCUT2D eigenvalue weighted by Gasteiger charge is -2.07. The van der Waals surface area contributed by atoms with Crippen molar-refractivity contribution >= 4 is 39.5 Å². The van der Waals surface area contributed by atoms with Crippen molar-refractivity contribution in [2.75, 3.05) is 5.43 Å². The van der Waals surface area contributed by atoms with Crippen LogP contribution in [0.15, 0.2) is 99.3 Å². The second-order valence-electron chi connectivity index (χ2n) is 7.39. The van der Waals surface area contributed by atoms with Crippen molar-refractivity contribution in [3.05, 3.63) is 107 Å². The van der Waals surface area contributed by atoms with E-state index in [1.165, 1.54) is 18.3 Å². The number of nitrogens with one attached hydrogen (secondary N) is 1. The number of halogens is 1. The van der Waals surface area contributed by atoms with Crippen LogP contribution in [0.3, 0.4) is 0 Å². The predicted molar refractivity (Wildman–Crippen MR) is 134 cm³/mol. The average Bonchev–Trinajstić information content (AvgIpc) is 3.32. The van der Waals surface area contributed by atoms with Gasteiger partial charge in [-0.3, -0.25) is 5.43 Å². The van der Waals surface area contributed by atoms with Crippen LogP contribution in [0.1, 0.15) is 21.7 Å². The first kappa shape index (κ1) is 24.2. The minimum absolute atomic E-state index is 0.0117. The molecule has 0 amide bonds. The van der Waals surface area contributed by atoms with Crippen LogP contribution >= 0.6 is 11.6 Å². The molecule has 8 nitrogen and oxygen atoms in total. The van der Waals surface area contributed by atoms with Crippen molar-refractivity contribution in [3.8, 4) is 11.3 Å². The van der Waals surface area contributed by atoms with Gasteiger partial charge in [-0.15, -0.1) is 0 Å². The fraction of sp³-hybridized carbons (Fsp3) is 0.0400. The molecule has 0 saturated carbocycles. The van der Waals surface area contributed by atoms with E-state index in [1.807, 2.05) is 18.2 Å². The molecule has 0 radical (unpaired) electrons. The van der Waals surface area contributed by atoms with Gasteiger partial charge in [-0.1, -0.05) is 41.9 Å². The van der Waals surface area contributed by atoms with Crippen molar-refractivity contribution in [2.45, 2.75) is 11.5 Å². The highest BCUT2D eigenvalue weighted by Gasteiger charge is 2.12. The minimum Gasteiger partial charge on any atom is -0.457 e. The van der Waals surface area contributed by atoms with E-state index in [0.717, 1.165) is 5.56 Å². The maximum atomic E-state index is 12.5. The fourth-order valence-corrected chi connectivity index (χ4v) is 3.81. The first-order chi connectivity index (χ1) is 16.8. The lowest BCUT2D eigenvalue weighted by Crippen LogP contribution is -2.11. The van der Waals surface area contributed by atoms with Crippen molar-refractivity contribution in [2.24, 2.45) is 10.2 Å². The van der Waals surface area contributed by atoms with E-state index in [9.17, 15) is 13.2 Å². The average molecular weight is 510 g/mol. The number of benzene rings is 3. The van der Waals surface area contributed by atoms with E-state index in [4.69, 9.17) is 25.9 Å². The second-order valence-corrected chi connectivity index (χ2v) is 9.36. The third-order valence-electron chi connectivity index (χ3n) is 4.89. The number of rotatable bonds is 8. The van der Waals surface area contributed by atoms with Crippen LogP contribution in [0.5, 0.6) is 0 Å². The van der Waals surface area contributed by atoms with Gasteiger partial charge >= 0.3 is 5.97 Å². The van der Waals surface area contributed by atoms with Gasteiger partial charge in [-0.25, -0.2) is 18.4 Å². The van der Waals surface area contributed by atoms with E-state index in [-0.39, 0.29) is 11.5 Å². The molecule has 0 fully saturated rings. The van der Waals surface area contributed by atoms with Crippen molar-refractivity contribution in [1.82, 2.24) is 0 Å². The Hall–Kier alpha value is -3.92. The quantitative estimate of drug-likeness (QED) is 0.194. The third kappa shape index (κ3) is 6.36. The summed E-state index contributed by atoms with van der Waals surface area (Å²) in [5.41, 5.74) is 5.15. The summed E-state index contributed by atoms with van der Waals surface area (Å²) in [7, 11) is -3.75. The number of anilines is 1. The summed E-state index contributed by atoms with van der Waals surface area (Å²) >= 11 is 6.11. The molecule has 3 aromatic carbocycles. The highest BCUT2D eigenvalue weighted by atomic mass is 35.5. The molecule has 0 atom stereocenters. The Morgan fingerprint density at radius 1 is 1.03 bits per heavy atom. The summed E-state index contributed by atoms with van der Waals surface area (Å²) in [5, 5.41) is 9.70. The first-order valence-corrected chi connectivity index (χ1v) is 12.2. The van der Waals surface area contributed by atoms with E-state index in [2.05, 4.69) is 10.5 Å². The lowest BCUT2D eigenvalue weighted by molar-refractivity contribution is 0.0473. The lowest BCUT2D eigenvalue weighted by atomic mass is 10.1. The topological polar surface area (TPSA) is 124 Å². The highest BCUT2D eigenvalue weighted by Crippen LogP contribution is 2.24. The zero-order chi connectivity index (χ0) is 24.8. The Kier molecular flexibility index (Phi) is 7.31. The number of esters is 1. The standard InChI is InChI=1S/C25H20ClN3O5S/c26-23-7-2-1-4-19(23)16-33-25(30)18-6-3-5-17(14-18)24-13-10-21(34-24)15-28-29-20-8-11-22(12-9-20)35(27,31)32/h1-15,29H,16H2,(H2,27,31,32). The number of ether oxygens (including phenoxy) is 1. The largest absolute Gasteiger partial charge is 0.457 e. The van der Waals surface area contributed by atoms with Gasteiger partial charge in [-0.05, 0) is 54.6 Å². The Labute approximate surface area is 207 Å². The van der Waals surface area contributed by atoms with Crippen LogP contribution in [0.4, 0.5) is 5.69 Å². The normalized spacial score (nSPS) is 11.5. The van der Waals surface area contributed by atoms with Crippen LogP contribution in [0.2, 0.25) is 5.02 Å². The third-order valence-corrected chi connectivity index (χ3v) is 6.19. The molecule has 0 aliphatic rings. The van der Waals surface area contributed by atoms with E-state index < -0.39 is 16.0 Å². The number of sulfonamides is 1. The van der Waals surface area contributed by atoms with E-state index in [0.29, 0.717) is 33.4 Å². The van der Waals surface area contributed by atoms with Gasteiger partial charge in [0.05, 0.1) is 22.4 Å². The maximum Gasteiger partial charge on any atom is 0.338 e. The molecule has 0 saturated heterocycles. The molecule has 0 aliphatic heterocycles. The highest BCUT2D eigenvalue weighted by molar-refractivity contribution is 7.89. The number of nitrogens with zero attached hydrogens (tertiary/aromatic N) is 1. The van der Waals surface area contributed by atoms with Gasteiger partial charge < -0.3 is 9.15 Å². The maximum absolute atomic E-state index is 12.5. The predicted octanol–water partition coefficient (Wildman–Crippen LogP) is 5.05. The Balaban J connectivity index is 1.39. The number of hydrazone groups is 1. The molecule has 178 valence electrons. The molecule has 1 aromatic heterocycles. The van der Waals surface area contributed by atoms with Crippen LogP contribution in [0.25, 0.3) is 11.3 Å².